The number of aromatic nitrogens is 1. The predicted molar refractivity (Wildman–Crippen MR) is 86.9 cm³/mol. The van der Waals surface area contributed by atoms with E-state index in [1.807, 2.05) is 6.20 Å². The maximum absolute atomic E-state index is 5.78. The second-order valence-corrected chi connectivity index (χ2v) is 6.77. The lowest BCUT2D eigenvalue weighted by Gasteiger charge is -2.29. The minimum atomic E-state index is 0.153. The van der Waals surface area contributed by atoms with E-state index in [-0.39, 0.29) is 5.41 Å². The molecule has 0 saturated heterocycles. The highest BCUT2D eigenvalue weighted by Gasteiger charge is 2.18. The Hall–Kier alpha value is -1.13. The maximum atomic E-state index is 5.78. The van der Waals surface area contributed by atoms with Crippen LogP contribution in [0.2, 0.25) is 0 Å². The molecule has 20 heavy (non-hydrogen) atoms. The summed E-state index contributed by atoms with van der Waals surface area (Å²) in [6, 6.07) is 4.71. The summed E-state index contributed by atoms with van der Waals surface area (Å²) in [4.78, 5) is 9.02. The fourth-order valence-corrected chi connectivity index (χ4v) is 2.15. The summed E-state index contributed by atoms with van der Waals surface area (Å²) >= 11 is 0. The standard InChI is InChI=1S/C16H30N4/c1-13(2)20(6)15-8-7-14(9-18-15)10-19(5)12-16(3,4)11-17/h7-9,13H,10-12,17H2,1-6H3. The van der Waals surface area contributed by atoms with Gasteiger partial charge in [0.25, 0.3) is 0 Å². The molecule has 1 aromatic rings. The average Bonchev–Trinajstić information content (AvgIpc) is 2.38. The van der Waals surface area contributed by atoms with E-state index in [1.165, 1.54) is 5.56 Å². The van der Waals surface area contributed by atoms with Crippen molar-refractivity contribution >= 4 is 5.82 Å². The van der Waals surface area contributed by atoms with Crippen molar-refractivity contribution in [1.82, 2.24) is 9.88 Å². The first kappa shape index (κ1) is 16.9. The summed E-state index contributed by atoms with van der Waals surface area (Å²) in [7, 11) is 4.20. The van der Waals surface area contributed by atoms with Gasteiger partial charge in [0.1, 0.15) is 5.82 Å². The van der Waals surface area contributed by atoms with Crippen molar-refractivity contribution in [1.29, 1.82) is 0 Å². The minimum Gasteiger partial charge on any atom is -0.357 e. The van der Waals surface area contributed by atoms with Crippen molar-refractivity contribution in [2.24, 2.45) is 11.1 Å². The zero-order valence-corrected chi connectivity index (χ0v) is 13.8. The van der Waals surface area contributed by atoms with Gasteiger partial charge in [-0.15, -0.1) is 0 Å². The first-order chi connectivity index (χ1) is 9.25. The maximum Gasteiger partial charge on any atom is 0.128 e. The van der Waals surface area contributed by atoms with Crippen LogP contribution in [-0.4, -0.2) is 43.1 Å². The molecule has 0 aliphatic carbocycles. The number of pyridine rings is 1. The highest BCUT2D eigenvalue weighted by atomic mass is 15.2. The van der Waals surface area contributed by atoms with Crippen molar-refractivity contribution in [2.75, 3.05) is 32.1 Å². The Kier molecular flexibility index (Phi) is 5.96. The summed E-state index contributed by atoms with van der Waals surface area (Å²) in [5.74, 6) is 1.02. The molecule has 4 nitrogen and oxygen atoms in total. The third-order valence-electron chi connectivity index (χ3n) is 3.65. The van der Waals surface area contributed by atoms with Gasteiger partial charge in [0.05, 0.1) is 0 Å². The normalized spacial score (nSPS) is 12.2. The number of nitrogens with two attached hydrogens (primary N) is 1. The van der Waals surface area contributed by atoms with Crippen LogP contribution in [0.25, 0.3) is 0 Å². The molecule has 0 fully saturated rings. The Bertz CT molecular complexity index is 397. The summed E-state index contributed by atoms with van der Waals surface area (Å²) in [6.45, 7) is 11.3. The van der Waals surface area contributed by atoms with Crippen LogP contribution < -0.4 is 10.6 Å². The van der Waals surface area contributed by atoms with Crippen molar-refractivity contribution < 1.29 is 0 Å². The number of nitrogens with zero attached hydrogens (tertiary/aromatic N) is 3. The highest BCUT2D eigenvalue weighted by molar-refractivity contribution is 5.39. The monoisotopic (exact) mass is 278 g/mol. The first-order valence-electron chi connectivity index (χ1n) is 7.31. The van der Waals surface area contributed by atoms with E-state index < -0.39 is 0 Å². The lowest BCUT2D eigenvalue weighted by atomic mass is 9.93. The van der Waals surface area contributed by atoms with Gasteiger partial charge in [-0.1, -0.05) is 19.9 Å². The molecule has 0 aliphatic heterocycles. The fraction of sp³-hybridized carbons (Fsp3) is 0.688. The van der Waals surface area contributed by atoms with Gasteiger partial charge in [-0.3, -0.25) is 0 Å². The summed E-state index contributed by atoms with van der Waals surface area (Å²) in [6.07, 6.45) is 1.97. The molecule has 0 aliphatic rings. The molecule has 0 bridgehead atoms. The second kappa shape index (κ2) is 7.04. The molecule has 0 unspecified atom stereocenters. The summed E-state index contributed by atoms with van der Waals surface area (Å²) < 4.78 is 0. The quantitative estimate of drug-likeness (QED) is 0.831. The number of hydrogen-bond acceptors (Lipinski definition) is 4. The Morgan fingerprint density at radius 2 is 1.90 bits per heavy atom. The van der Waals surface area contributed by atoms with Crippen LogP contribution in [0.4, 0.5) is 5.82 Å². The van der Waals surface area contributed by atoms with Gasteiger partial charge in [-0.2, -0.15) is 0 Å². The van der Waals surface area contributed by atoms with Crippen LogP contribution in [0.5, 0.6) is 0 Å². The fourth-order valence-electron chi connectivity index (χ4n) is 2.15. The highest BCUT2D eigenvalue weighted by Crippen LogP contribution is 2.17. The van der Waals surface area contributed by atoms with Gasteiger partial charge < -0.3 is 15.5 Å². The third-order valence-corrected chi connectivity index (χ3v) is 3.65. The first-order valence-corrected chi connectivity index (χ1v) is 7.31. The molecule has 4 heteroatoms. The Morgan fingerprint density at radius 1 is 1.25 bits per heavy atom. The van der Waals surface area contributed by atoms with Gasteiger partial charge in [0, 0.05) is 32.4 Å². The molecule has 0 spiro atoms. The molecule has 1 rings (SSSR count). The van der Waals surface area contributed by atoms with Crippen LogP contribution in [0, 0.1) is 5.41 Å². The summed E-state index contributed by atoms with van der Waals surface area (Å²) in [5.41, 5.74) is 7.17. The second-order valence-electron chi connectivity index (χ2n) is 6.77. The van der Waals surface area contributed by atoms with E-state index >= 15 is 0 Å². The van der Waals surface area contributed by atoms with Crippen LogP contribution in [0.1, 0.15) is 33.3 Å². The Morgan fingerprint density at radius 3 is 2.35 bits per heavy atom. The number of anilines is 1. The van der Waals surface area contributed by atoms with E-state index in [2.05, 4.69) is 68.7 Å². The van der Waals surface area contributed by atoms with E-state index in [0.29, 0.717) is 12.6 Å². The molecule has 0 radical (unpaired) electrons. The molecule has 0 amide bonds. The van der Waals surface area contributed by atoms with Crippen LogP contribution in [-0.2, 0) is 6.54 Å². The lowest BCUT2D eigenvalue weighted by Crippen LogP contribution is -2.36. The van der Waals surface area contributed by atoms with Gasteiger partial charge >= 0.3 is 0 Å². The number of rotatable bonds is 7. The summed E-state index contributed by atoms with van der Waals surface area (Å²) in [5, 5.41) is 0. The van der Waals surface area contributed by atoms with E-state index in [1.54, 1.807) is 0 Å². The van der Waals surface area contributed by atoms with Crippen molar-refractivity contribution in [3.05, 3.63) is 23.9 Å². The van der Waals surface area contributed by atoms with Crippen LogP contribution in [0.15, 0.2) is 18.3 Å². The van der Waals surface area contributed by atoms with Gasteiger partial charge in [0.15, 0.2) is 0 Å². The van der Waals surface area contributed by atoms with Gasteiger partial charge in [-0.05, 0) is 44.5 Å². The van der Waals surface area contributed by atoms with Crippen molar-refractivity contribution in [3.63, 3.8) is 0 Å². The van der Waals surface area contributed by atoms with Gasteiger partial charge in [-0.25, -0.2) is 4.98 Å². The number of hydrogen-bond donors (Lipinski definition) is 1. The molecule has 1 aromatic heterocycles. The van der Waals surface area contributed by atoms with Crippen molar-refractivity contribution in [2.45, 2.75) is 40.3 Å². The Balaban J connectivity index is 2.61. The molecular weight excluding hydrogens is 248 g/mol. The minimum absolute atomic E-state index is 0.153. The largest absolute Gasteiger partial charge is 0.357 e. The molecule has 2 N–H and O–H groups in total. The average molecular weight is 278 g/mol. The third kappa shape index (κ3) is 5.10. The SMILES string of the molecule is CC(C)N(C)c1ccc(CN(C)CC(C)(C)CN)cn1. The molecule has 0 saturated carbocycles. The van der Waals surface area contributed by atoms with E-state index in [4.69, 9.17) is 5.73 Å². The molecule has 114 valence electrons. The molecule has 1 heterocycles. The molecular formula is C16H30N4. The Labute approximate surface area is 124 Å². The predicted octanol–water partition coefficient (Wildman–Crippen LogP) is 2.34. The smallest absolute Gasteiger partial charge is 0.128 e. The molecule has 0 aromatic carbocycles. The lowest BCUT2D eigenvalue weighted by molar-refractivity contribution is 0.210. The zero-order chi connectivity index (χ0) is 15.3. The van der Waals surface area contributed by atoms with Gasteiger partial charge in [0.2, 0.25) is 0 Å². The van der Waals surface area contributed by atoms with Crippen LogP contribution >= 0.6 is 0 Å². The van der Waals surface area contributed by atoms with Crippen LogP contribution in [0.3, 0.4) is 0 Å². The van der Waals surface area contributed by atoms with E-state index in [0.717, 1.165) is 18.9 Å². The molecule has 0 atom stereocenters. The topological polar surface area (TPSA) is 45.4 Å². The van der Waals surface area contributed by atoms with E-state index in [9.17, 15) is 0 Å². The zero-order valence-electron chi connectivity index (χ0n) is 13.8. The van der Waals surface area contributed by atoms with Crippen molar-refractivity contribution in [3.8, 4) is 0 Å².